The number of carbonyl (C=O) groups is 1. The lowest BCUT2D eigenvalue weighted by atomic mass is 10.0. The molecule has 1 saturated carbocycles. The van der Waals surface area contributed by atoms with Crippen molar-refractivity contribution in [2.24, 2.45) is 0 Å². The highest BCUT2D eigenvalue weighted by Gasteiger charge is 2.38. The van der Waals surface area contributed by atoms with Gasteiger partial charge in [-0.15, -0.1) is 0 Å². The van der Waals surface area contributed by atoms with E-state index in [2.05, 4.69) is 20.1 Å². The van der Waals surface area contributed by atoms with Crippen LogP contribution in [0.3, 0.4) is 0 Å². The summed E-state index contributed by atoms with van der Waals surface area (Å²) in [6, 6.07) is 12.3. The van der Waals surface area contributed by atoms with Crippen LogP contribution in [0.1, 0.15) is 41.7 Å². The van der Waals surface area contributed by atoms with E-state index in [1.165, 1.54) is 48.5 Å². The Bertz CT molecular complexity index is 1680. The molecule has 0 aliphatic heterocycles. The standard InChI is InChI=1S/C26H23ClF3N5O4S/c27-17-8-6-16(7-9-17)21-13-22(26(28,29)30)35-23(33-21)20(14-31-35)24(37)32-18-4-3-5-19(12-18)40(38,39)34-25(15-36)10-1-2-11-25/h3-9,12-14,34,36H,1-2,10-11,15H2,(H,32,37). The van der Waals surface area contributed by atoms with Crippen molar-refractivity contribution in [3.8, 4) is 11.3 Å². The van der Waals surface area contributed by atoms with Gasteiger partial charge in [-0.25, -0.2) is 22.6 Å². The molecule has 0 bridgehead atoms. The third kappa shape index (κ3) is 5.55. The van der Waals surface area contributed by atoms with Gasteiger partial charge in [-0.2, -0.15) is 18.3 Å². The van der Waals surface area contributed by atoms with E-state index in [9.17, 15) is 31.5 Å². The molecule has 5 rings (SSSR count). The maximum Gasteiger partial charge on any atom is 0.433 e. The fourth-order valence-corrected chi connectivity index (χ4v) is 6.34. The van der Waals surface area contributed by atoms with Gasteiger partial charge in [-0.05, 0) is 49.2 Å². The van der Waals surface area contributed by atoms with E-state index in [4.69, 9.17) is 11.6 Å². The van der Waals surface area contributed by atoms with Gasteiger partial charge < -0.3 is 10.4 Å². The van der Waals surface area contributed by atoms with Crippen LogP contribution in [0.2, 0.25) is 5.02 Å². The number of aromatic nitrogens is 3. The summed E-state index contributed by atoms with van der Waals surface area (Å²) in [6.45, 7) is -0.345. The predicted molar refractivity (Wildman–Crippen MR) is 141 cm³/mol. The molecule has 1 fully saturated rings. The Labute approximate surface area is 232 Å². The Morgan fingerprint density at radius 2 is 1.80 bits per heavy atom. The number of hydrogen-bond donors (Lipinski definition) is 3. The number of rotatable bonds is 7. The fraction of sp³-hybridized carbons (Fsp3) is 0.269. The van der Waals surface area contributed by atoms with Crippen LogP contribution in [0.15, 0.2) is 65.7 Å². The van der Waals surface area contributed by atoms with E-state index in [-0.39, 0.29) is 34.1 Å². The van der Waals surface area contributed by atoms with Crippen LogP contribution in [-0.4, -0.2) is 46.2 Å². The maximum atomic E-state index is 13.9. The van der Waals surface area contributed by atoms with Crippen molar-refractivity contribution in [1.29, 1.82) is 0 Å². The zero-order valence-electron chi connectivity index (χ0n) is 20.7. The third-order valence-electron chi connectivity index (χ3n) is 6.76. The first-order valence-corrected chi connectivity index (χ1v) is 14.1. The summed E-state index contributed by atoms with van der Waals surface area (Å²) in [5, 5.41) is 16.5. The van der Waals surface area contributed by atoms with Gasteiger partial charge in [-0.3, -0.25) is 4.79 Å². The highest BCUT2D eigenvalue weighted by atomic mass is 35.5. The molecule has 3 N–H and O–H groups in total. The van der Waals surface area contributed by atoms with Gasteiger partial charge >= 0.3 is 6.18 Å². The summed E-state index contributed by atoms with van der Waals surface area (Å²) in [5.74, 6) is -0.839. The van der Waals surface area contributed by atoms with E-state index in [0.29, 0.717) is 27.9 Å². The first kappa shape index (κ1) is 28.0. The lowest BCUT2D eigenvalue weighted by Gasteiger charge is -2.27. The first-order chi connectivity index (χ1) is 18.9. The monoisotopic (exact) mass is 593 g/mol. The molecule has 0 radical (unpaired) electrons. The first-order valence-electron chi connectivity index (χ1n) is 12.2. The van der Waals surface area contributed by atoms with Crippen molar-refractivity contribution in [3.05, 3.63) is 77.1 Å². The van der Waals surface area contributed by atoms with E-state index >= 15 is 0 Å². The van der Waals surface area contributed by atoms with Crippen molar-refractivity contribution in [2.45, 2.75) is 42.3 Å². The van der Waals surface area contributed by atoms with Crippen LogP contribution in [0.4, 0.5) is 18.9 Å². The van der Waals surface area contributed by atoms with Crippen molar-refractivity contribution in [1.82, 2.24) is 19.3 Å². The zero-order valence-corrected chi connectivity index (χ0v) is 22.3. The molecule has 2 aromatic heterocycles. The highest BCUT2D eigenvalue weighted by molar-refractivity contribution is 7.89. The van der Waals surface area contributed by atoms with Gasteiger partial charge in [-0.1, -0.05) is 42.6 Å². The van der Waals surface area contributed by atoms with Crippen LogP contribution >= 0.6 is 11.6 Å². The number of aliphatic hydroxyl groups excluding tert-OH is 1. The summed E-state index contributed by atoms with van der Waals surface area (Å²) < 4.78 is 70.9. The maximum absolute atomic E-state index is 13.9. The van der Waals surface area contributed by atoms with Gasteiger partial charge in [0.2, 0.25) is 10.0 Å². The minimum atomic E-state index is -4.80. The number of amides is 1. The normalized spacial score (nSPS) is 15.4. The van der Waals surface area contributed by atoms with Crippen molar-refractivity contribution in [3.63, 3.8) is 0 Å². The molecule has 0 saturated heterocycles. The summed E-state index contributed by atoms with van der Waals surface area (Å²) in [5.41, 5.74) is -2.29. The van der Waals surface area contributed by atoms with Crippen LogP contribution in [-0.2, 0) is 16.2 Å². The summed E-state index contributed by atoms with van der Waals surface area (Å²) >= 11 is 5.90. The molecule has 1 amide bonds. The number of aliphatic hydroxyl groups is 1. The Morgan fingerprint density at radius 3 is 2.45 bits per heavy atom. The van der Waals surface area contributed by atoms with Gasteiger partial charge in [0, 0.05) is 16.3 Å². The Kier molecular flexibility index (Phi) is 7.33. The molecule has 14 heteroatoms. The largest absolute Gasteiger partial charge is 0.433 e. The summed E-state index contributed by atoms with van der Waals surface area (Å²) in [7, 11) is -4.05. The average molecular weight is 594 g/mol. The zero-order chi connectivity index (χ0) is 28.7. The quantitative estimate of drug-likeness (QED) is 0.280. The number of halogens is 4. The second-order valence-corrected chi connectivity index (χ2v) is 11.7. The number of alkyl halides is 3. The second-order valence-electron chi connectivity index (χ2n) is 9.56. The van der Waals surface area contributed by atoms with Crippen LogP contribution in [0, 0.1) is 0 Å². The number of fused-ring (bicyclic) bond motifs is 1. The number of benzene rings is 2. The molecule has 0 atom stereocenters. The molecule has 40 heavy (non-hydrogen) atoms. The van der Waals surface area contributed by atoms with Gasteiger partial charge in [0.25, 0.3) is 5.91 Å². The minimum Gasteiger partial charge on any atom is -0.394 e. The van der Waals surface area contributed by atoms with Crippen LogP contribution < -0.4 is 10.0 Å². The molecule has 210 valence electrons. The molecule has 0 spiro atoms. The number of carbonyl (C=O) groups excluding carboxylic acids is 1. The third-order valence-corrected chi connectivity index (χ3v) is 8.59. The number of hydrogen-bond acceptors (Lipinski definition) is 6. The fourth-order valence-electron chi connectivity index (χ4n) is 4.72. The molecule has 2 aromatic carbocycles. The van der Waals surface area contributed by atoms with Crippen molar-refractivity contribution >= 4 is 38.9 Å². The average Bonchev–Trinajstić information content (AvgIpc) is 3.55. The molecule has 2 heterocycles. The lowest BCUT2D eigenvalue weighted by Crippen LogP contribution is -2.49. The SMILES string of the molecule is O=C(Nc1cccc(S(=O)(=O)NC2(CO)CCCC2)c1)c1cnn2c(C(F)(F)F)cc(-c3ccc(Cl)cc3)nc12. The Morgan fingerprint density at radius 1 is 1.10 bits per heavy atom. The van der Waals surface area contributed by atoms with E-state index in [1.807, 2.05) is 0 Å². The van der Waals surface area contributed by atoms with Gasteiger partial charge in [0.1, 0.15) is 5.56 Å². The number of nitrogens with one attached hydrogen (secondary N) is 2. The summed E-state index contributed by atoms with van der Waals surface area (Å²) in [6.07, 6.45) is -1.28. The smallest absolute Gasteiger partial charge is 0.394 e. The van der Waals surface area contributed by atoms with Crippen molar-refractivity contribution < 1.29 is 31.5 Å². The van der Waals surface area contributed by atoms with Gasteiger partial charge in [0.05, 0.1) is 28.9 Å². The minimum absolute atomic E-state index is 0.0464. The topological polar surface area (TPSA) is 126 Å². The van der Waals surface area contributed by atoms with Crippen LogP contribution in [0.25, 0.3) is 16.9 Å². The molecule has 1 aliphatic rings. The number of nitrogens with zero attached hydrogens (tertiary/aromatic N) is 3. The Hall–Kier alpha value is -3.52. The summed E-state index contributed by atoms with van der Waals surface area (Å²) in [4.78, 5) is 17.3. The number of sulfonamides is 1. The highest BCUT2D eigenvalue weighted by Crippen LogP contribution is 2.34. The van der Waals surface area contributed by atoms with E-state index in [0.717, 1.165) is 25.1 Å². The molecular formula is C26H23ClF3N5O4S. The van der Waals surface area contributed by atoms with Gasteiger partial charge in [0.15, 0.2) is 11.3 Å². The van der Waals surface area contributed by atoms with E-state index < -0.39 is 33.3 Å². The predicted octanol–water partition coefficient (Wildman–Crippen LogP) is 4.90. The van der Waals surface area contributed by atoms with E-state index in [1.54, 1.807) is 0 Å². The molecule has 9 nitrogen and oxygen atoms in total. The number of anilines is 1. The molecule has 1 aliphatic carbocycles. The second kappa shape index (κ2) is 10.5. The lowest BCUT2D eigenvalue weighted by molar-refractivity contribution is -0.142. The molecule has 4 aromatic rings. The molecule has 0 unspecified atom stereocenters. The Balaban J connectivity index is 1.48. The van der Waals surface area contributed by atoms with Crippen LogP contribution in [0.5, 0.6) is 0 Å². The van der Waals surface area contributed by atoms with Crippen molar-refractivity contribution in [2.75, 3.05) is 11.9 Å². The molecular weight excluding hydrogens is 571 g/mol.